The van der Waals surface area contributed by atoms with Gasteiger partial charge in [-0.15, -0.1) is 0 Å². The number of ether oxygens (including phenoxy) is 1. The first-order valence-electron chi connectivity index (χ1n) is 5.76. The summed E-state index contributed by atoms with van der Waals surface area (Å²) in [5.41, 5.74) is 6.72. The molecule has 0 saturated heterocycles. The Hall–Kier alpha value is -1.37. The summed E-state index contributed by atoms with van der Waals surface area (Å²) in [7, 11) is 0. The van der Waals surface area contributed by atoms with Gasteiger partial charge >= 0.3 is 12.3 Å². The van der Waals surface area contributed by atoms with Crippen LogP contribution in [0.2, 0.25) is 0 Å². The Morgan fingerprint density at radius 3 is 2.42 bits per heavy atom. The number of rotatable bonds is 6. The minimum absolute atomic E-state index is 0.0458. The highest BCUT2D eigenvalue weighted by Crippen LogP contribution is 2.25. The Balaban J connectivity index is 2.86. The first-order valence-corrected chi connectivity index (χ1v) is 5.76. The summed E-state index contributed by atoms with van der Waals surface area (Å²) < 4.78 is 54.2. The number of hydrogen-bond donors (Lipinski definition) is 1. The number of pyridine rings is 1. The van der Waals surface area contributed by atoms with Crippen LogP contribution in [0.1, 0.15) is 31.0 Å². The maximum Gasteiger partial charge on any atom is 0.340 e. The Labute approximate surface area is 108 Å². The molecule has 19 heavy (non-hydrogen) atoms. The monoisotopic (exact) mass is 280 g/mol. The number of alkyl halides is 4. The van der Waals surface area contributed by atoms with Gasteiger partial charge < -0.3 is 10.5 Å². The van der Waals surface area contributed by atoms with Crippen molar-refractivity contribution >= 4 is 0 Å². The molecule has 0 radical (unpaired) electrons. The summed E-state index contributed by atoms with van der Waals surface area (Å²) in [5.74, 6) is -4.27. The van der Waals surface area contributed by atoms with E-state index >= 15 is 0 Å². The van der Waals surface area contributed by atoms with Crippen LogP contribution in [0.5, 0.6) is 5.88 Å². The van der Waals surface area contributed by atoms with E-state index in [1.165, 1.54) is 6.07 Å². The van der Waals surface area contributed by atoms with E-state index in [1.807, 2.05) is 13.8 Å². The molecular formula is C12H16F4N2O. The topological polar surface area (TPSA) is 48.1 Å². The van der Waals surface area contributed by atoms with Gasteiger partial charge in [-0.05, 0) is 17.5 Å². The predicted octanol–water partition coefficient (Wildman–Crippen LogP) is 2.94. The van der Waals surface area contributed by atoms with Crippen LogP contribution in [0.25, 0.3) is 0 Å². The van der Waals surface area contributed by atoms with Gasteiger partial charge in [0, 0.05) is 18.3 Å². The van der Waals surface area contributed by atoms with E-state index in [0.717, 1.165) is 0 Å². The average Bonchev–Trinajstić information content (AvgIpc) is 2.35. The first-order chi connectivity index (χ1) is 8.76. The molecule has 0 atom stereocenters. The molecule has 0 aliphatic carbocycles. The fourth-order valence-corrected chi connectivity index (χ4v) is 1.30. The lowest BCUT2D eigenvalue weighted by Gasteiger charge is -2.16. The third-order valence-electron chi connectivity index (χ3n) is 2.44. The second-order valence-electron chi connectivity index (χ2n) is 4.45. The number of hydrogen-bond acceptors (Lipinski definition) is 3. The largest absolute Gasteiger partial charge is 0.471 e. The molecule has 1 aromatic heterocycles. The highest BCUT2D eigenvalue weighted by atomic mass is 19.3. The SMILES string of the molecule is CC(C)c1cc(CN)cc(OCC(F)(F)C(F)F)n1. The zero-order valence-electron chi connectivity index (χ0n) is 10.7. The highest BCUT2D eigenvalue weighted by Gasteiger charge is 2.41. The third kappa shape index (κ3) is 4.34. The van der Waals surface area contributed by atoms with Crippen molar-refractivity contribution in [3.05, 3.63) is 23.4 Å². The average molecular weight is 280 g/mol. The number of nitrogens with two attached hydrogens (primary N) is 1. The molecule has 108 valence electrons. The second-order valence-corrected chi connectivity index (χ2v) is 4.45. The first kappa shape index (κ1) is 15.7. The van der Waals surface area contributed by atoms with Gasteiger partial charge in [-0.3, -0.25) is 0 Å². The molecule has 0 aromatic carbocycles. The predicted molar refractivity (Wildman–Crippen MR) is 62.7 cm³/mol. The van der Waals surface area contributed by atoms with Crippen LogP contribution < -0.4 is 10.5 Å². The van der Waals surface area contributed by atoms with E-state index in [4.69, 9.17) is 5.73 Å². The van der Waals surface area contributed by atoms with Crippen LogP contribution in [0, 0.1) is 0 Å². The van der Waals surface area contributed by atoms with Gasteiger partial charge in [-0.25, -0.2) is 13.8 Å². The Morgan fingerprint density at radius 2 is 1.95 bits per heavy atom. The normalized spacial score (nSPS) is 12.3. The number of nitrogens with zero attached hydrogens (tertiary/aromatic N) is 1. The molecule has 0 fully saturated rings. The van der Waals surface area contributed by atoms with Crippen LogP contribution in [0.15, 0.2) is 12.1 Å². The van der Waals surface area contributed by atoms with E-state index in [0.29, 0.717) is 11.3 Å². The van der Waals surface area contributed by atoms with Crippen LogP contribution in [0.4, 0.5) is 17.6 Å². The minimum Gasteiger partial charge on any atom is -0.471 e. The molecule has 3 nitrogen and oxygen atoms in total. The smallest absolute Gasteiger partial charge is 0.340 e. The lowest BCUT2D eigenvalue weighted by Crippen LogP contribution is -2.34. The van der Waals surface area contributed by atoms with Gasteiger partial charge in [0.05, 0.1) is 0 Å². The van der Waals surface area contributed by atoms with E-state index in [1.54, 1.807) is 6.07 Å². The maximum absolute atomic E-state index is 12.7. The van der Waals surface area contributed by atoms with Crippen LogP contribution in [0.3, 0.4) is 0 Å². The maximum atomic E-state index is 12.7. The van der Waals surface area contributed by atoms with Crippen LogP contribution in [-0.2, 0) is 6.54 Å². The van der Waals surface area contributed by atoms with Gasteiger partial charge in [0.15, 0.2) is 6.61 Å². The van der Waals surface area contributed by atoms with Crippen molar-refractivity contribution in [1.29, 1.82) is 0 Å². The molecule has 7 heteroatoms. The lowest BCUT2D eigenvalue weighted by molar-refractivity contribution is -0.148. The molecule has 1 aromatic rings. The fourth-order valence-electron chi connectivity index (χ4n) is 1.30. The quantitative estimate of drug-likeness (QED) is 0.815. The van der Waals surface area contributed by atoms with Crippen LogP contribution in [-0.4, -0.2) is 23.9 Å². The molecule has 0 aliphatic heterocycles. The van der Waals surface area contributed by atoms with Crippen molar-refractivity contribution in [2.45, 2.75) is 38.7 Å². The summed E-state index contributed by atoms with van der Waals surface area (Å²) in [6, 6.07) is 3.09. The Morgan fingerprint density at radius 1 is 1.32 bits per heavy atom. The fraction of sp³-hybridized carbons (Fsp3) is 0.583. The highest BCUT2D eigenvalue weighted by molar-refractivity contribution is 5.26. The van der Waals surface area contributed by atoms with Gasteiger partial charge in [-0.2, -0.15) is 8.78 Å². The van der Waals surface area contributed by atoms with Crippen molar-refractivity contribution in [2.24, 2.45) is 5.73 Å². The molecular weight excluding hydrogens is 264 g/mol. The van der Waals surface area contributed by atoms with Crippen molar-refractivity contribution in [2.75, 3.05) is 6.61 Å². The standard InChI is InChI=1S/C12H16F4N2O/c1-7(2)9-3-8(5-17)4-10(18-9)19-6-12(15,16)11(13)14/h3-4,7,11H,5-6,17H2,1-2H3. The van der Waals surface area contributed by atoms with Crippen LogP contribution >= 0.6 is 0 Å². The van der Waals surface area contributed by atoms with E-state index in [-0.39, 0.29) is 18.3 Å². The van der Waals surface area contributed by atoms with Crippen molar-refractivity contribution < 1.29 is 22.3 Å². The van der Waals surface area contributed by atoms with E-state index < -0.39 is 19.0 Å². The third-order valence-corrected chi connectivity index (χ3v) is 2.44. The van der Waals surface area contributed by atoms with E-state index in [2.05, 4.69) is 9.72 Å². The lowest BCUT2D eigenvalue weighted by atomic mass is 10.1. The second kappa shape index (κ2) is 6.18. The van der Waals surface area contributed by atoms with Gasteiger partial charge in [0.25, 0.3) is 0 Å². The summed E-state index contributed by atoms with van der Waals surface area (Å²) in [5, 5.41) is 0. The molecule has 0 saturated carbocycles. The van der Waals surface area contributed by atoms with Crippen molar-refractivity contribution in [3.63, 3.8) is 0 Å². The molecule has 0 unspecified atom stereocenters. The molecule has 0 amide bonds. The summed E-state index contributed by atoms with van der Waals surface area (Å²) in [4.78, 5) is 3.99. The zero-order valence-corrected chi connectivity index (χ0v) is 10.7. The van der Waals surface area contributed by atoms with Crippen molar-refractivity contribution in [3.8, 4) is 5.88 Å². The number of aromatic nitrogens is 1. The molecule has 0 bridgehead atoms. The molecule has 1 rings (SSSR count). The summed E-state index contributed by atoms with van der Waals surface area (Å²) >= 11 is 0. The number of halogens is 4. The molecule has 1 heterocycles. The van der Waals surface area contributed by atoms with Gasteiger partial charge in [-0.1, -0.05) is 13.8 Å². The minimum atomic E-state index is -4.20. The zero-order chi connectivity index (χ0) is 14.6. The molecule has 0 spiro atoms. The molecule has 2 N–H and O–H groups in total. The van der Waals surface area contributed by atoms with Crippen molar-refractivity contribution in [1.82, 2.24) is 4.98 Å². The molecule has 0 aliphatic rings. The Kier molecular flexibility index (Phi) is 5.11. The Bertz CT molecular complexity index is 424. The summed E-state index contributed by atoms with van der Waals surface area (Å²) in [6.45, 7) is 2.49. The van der Waals surface area contributed by atoms with Gasteiger partial charge in [0.2, 0.25) is 5.88 Å². The van der Waals surface area contributed by atoms with E-state index in [9.17, 15) is 17.6 Å². The van der Waals surface area contributed by atoms with Gasteiger partial charge in [0.1, 0.15) is 0 Å². The summed E-state index contributed by atoms with van der Waals surface area (Å²) in [6.07, 6.45) is -3.77.